The lowest BCUT2D eigenvalue weighted by Gasteiger charge is -2.15. The molecule has 2 aromatic rings. The van der Waals surface area contributed by atoms with Crippen LogP contribution >= 0.6 is 11.3 Å². The van der Waals surface area contributed by atoms with Gasteiger partial charge in [-0.25, -0.2) is 0 Å². The van der Waals surface area contributed by atoms with Crippen LogP contribution in [0.4, 0.5) is 11.4 Å². The van der Waals surface area contributed by atoms with E-state index in [4.69, 9.17) is 5.26 Å². The summed E-state index contributed by atoms with van der Waals surface area (Å²) in [5.74, 6) is -0.839. The number of nitrogens with zero attached hydrogens (tertiary/aromatic N) is 4. The maximum Gasteiger partial charge on any atom is 0.277 e. The van der Waals surface area contributed by atoms with Gasteiger partial charge in [-0.2, -0.15) is 10.5 Å². The van der Waals surface area contributed by atoms with Crippen molar-refractivity contribution in [2.45, 2.75) is 20.4 Å². The van der Waals surface area contributed by atoms with E-state index in [0.29, 0.717) is 22.6 Å². The van der Waals surface area contributed by atoms with Gasteiger partial charge in [-0.05, 0) is 25.1 Å². The number of aromatic nitrogens is 1. The smallest absolute Gasteiger partial charge is 0.277 e. The normalized spacial score (nSPS) is 9.41. The Hall–Kier alpha value is -4.33. The van der Waals surface area contributed by atoms with Crippen molar-refractivity contribution in [2.24, 2.45) is 0 Å². The summed E-state index contributed by atoms with van der Waals surface area (Å²) in [6, 6.07) is 10.7. The highest BCUT2D eigenvalue weighted by Crippen LogP contribution is 2.18. The lowest BCUT2D eigenvalue weighted by Crippen LogP contribution is -2.30. The zero-order chi connectivity index (χ0) is 23.7. The predicted octanol–water partition coefficient (Wildman–Crippen LogP) is 0.387. The van der Waals surface area contributed by atoms with Gasteiger partial charge in [0.25, 0.3) is 11.5 Å². The van der Waals surface area contributed by atoms with Gasteiger partial charge in [0, 0.05) is 38.1 Å². The van der Waals surface area contributed by atoms with Gasteiger partial charge >= 0.3 is 0 Å². The number of nitriles is 2. The Bertz CT molecular complexity index is 1380. The largest absolute Gasteiger partial charge is 0.355 e. The van der Waals surface area contributed by atoms with Crippen molar-refractivity contribution in [1.29, 1.82) is 10.5 Å². The Labute approximate surface area is 188 Å². The minimum absolute atomic E-state index is 0.0992. The summed E-state index contributed by atoms with van der Waals surface area (Å²) in [4.78, 5) is 37.6. The molecule has 0 aliphatic rings. The van der Waals surface area contributed by atoms with Crippen LogP contribution in [0.25, 0.3) is 11.5 Å². The summed E-state index contributed by atoms with van der Waals surface area (Å²) in [6.07, 6.45) is 1.47. The lowest BCUT2D eigenvalue weighted by atomic mass is 10.2. The molecule has 2 N–H and O–H groups in total. The molecule has 1 aromatic carbocycles. The van der Waals surface area contributed by atoms with E-state index in [9.17, 15) is 19.6 Å². The molecule has 0 fully saturated rings. The van der Waals surface area contributed by atoms with E-state index in [1.807, 2.05) is 0 Å². The minimum atomic E-state index is -0.740. The average molecular weight is 449 g/mol. The number of hydrogen-bond donors (Lipinski definition) is 2. The quantitative estimate of drug-likeness (QED) is 0.373. The van der Waals surface area contributed by atoms with Crippen LogP contribution in [0.3, 0.4) is 0 Å². The first kappa shape index (κ1) is 23.9. The molecular formula is C22H20N6O3S. The highest BCUT2D eigenvalue weighted by atomic mass is 32.1. The fourth-order valence-electron chi connectivity index (χ4n) is 2.50. The van der Waals surface area contributed by atoms with Crippen LogP contribution in [0.5, 0.6) is 0 Å². The zero-order valence-corrected chi connectivity index (χ0v) is 18.5. The van der Waals surface area contributed by atoms with E-state index in [-0.39, 0.29) is 28.1 Å². The van der Waals surface area contributed by atoms with Crippen molar-refractivity contribution in [3.63, 3.8) is 0 Å². The molecule has 2 amide bonds. The molecule has 1 aromatic heterocycles. The van der Waals surface area contributed by atoms with Crippen molar-refractivity contribution in [1.82, 2.24) is 9.88 Å². The van der Waals surface area contributed by atoms with Gasteiger partial charge in [-0.3, -0.25) is 19.0 Å². The number of amides is 2. The van der Waals surface area contributed by atoms with Crippen molar-refractivity contribution >= 4 is 46.0 Å². The number of anilines is 2. The molecule has 2 rings (SSSR count). The molecule has 0 aliphatic carbocycles. The van der Waals surface area contributed by atoms with E-state index >= 15 is 0 Å². The molecule has 0 bridgehead atoms. The number of carbonyl (C=O) groups excluding carboxylic acids is 2. The van der Waals surface area contributed by atoms with Crippen LogP contribution in [-0.4, -0.2) is 30.0 Å². The van der Waals surface area contributed by atoms with Crippen LogP contribution in [0.15, 0.2) is 40.8 Å². The van der Waals surface area contributed by atoms with Gasteiger partial charge in [-0.1, -0.05) is 28.9 Å². The molecule has 0 atom stereocenters. The monoisotopic (exact) mass is 448 g/mol. The number of carbonyl (C=O) groups is 2. The number of benzene rings is 1. The zero-order valence-electron chi connectivity index (χ0n) is 17.7. The summed E-state index contributed by atoms with van der Waals surface area (Å²) < 4.78 is 1.92. The van der Waals surface area contributed by atoms with Gasteiger partial charge in [0.05, 0.1) is 6.07 Å². The molecule has 32 heavy (non-hydrogen) atoms. The molecule has 0 spiro atoms. The first-order valence-electron chi connectivity index (χ1n) is 9.44. The van der Waals surface area contributed by atoms with Gasteiger partial charge in [-0.15, -0.1) is 0 Å². The third-order valence-corrected chi connectivity index (χ3v) is 5.26. The Morgan fingerprint density at radius 2 is 2.06 bits per heavy atom. The summed E-state index contributed by atoms with van der Waals surface area (Å²) in [6.45, 7) is 3.29. The number of nitrogens with one attached hydrogen (secondary N) is 2. The van der Waals surface area contributed by atoms with E-state index < -0.39 is 5.91 Å². The molecule has 0 aliphatic heterocycles. The highest BCUT2D eigenvalue weighted by Gasteiger charge is 2.09. The topological polar surface area (TPSA) is 131 Å². The molecule has 0 saturated carbocycles. The fraction of sp³-hybridized carbons (Fsp3) is 0.227. The number of thiazole rings is 1. The molecule has 162 valence electrons. The van der Waals surface area contributed by atoms with Crippen molar-refractivity contribution in [3.8, 4) is 12.1 Å². The molecule has 1 heterocycles. The van der Waals surface area contributed by atoms with Crippen molar-refractivity contribution < 1.29 is 9.59 Å². The maximum absolute atomic E-state index is 12.6. The third-order valence-electron chi connectivity index (χ3n) is 4.25. The van der Waals surface area contributed by atoms with E-state index in [1.54, 1.807) is 50.4 Å². The second-order valence-electron chi connectivity index (χ2n) is 6.30. The minimum Gasteiger partial charge on any atom is -0.355 e. The summed E-state index contributed by atoms with van der Waals surface area (Å²) in [7, 11) is 1.67. The van der Waals surface area contributed by atoms with Crippen LogP contribution in [0, 0.1) is 22.7 Å². The highest BCUT2D eigenvalue weighted by molar-refractivity contribution is 7.07. The first-order chi connectivity index (χ1) is 15.3. The van der Waals surface area contributed by atoms with E-state index in [2.05, 4.69) is 22.1 Å². The molecule has 0 unspecified atom stereocenters. The summed E-state index contributed by atoms with van der Waals surface area (Å²) in [5.41, 5.74) is 6.28. The first-order valence-corrected chi connectivity index (χ1v) is 10.3. The molecule has 0 saturated heterocycles. The van der Waals surface area contributed by atoms with Gasteiger partial charge in [0.2, 0.25) is 5.91 Å². The van der Waals surface area contributed by atoms with Crippen molar-refractivity contribution in [2.75, 3.05) is 23.8 Å². The Kier molecular flexibility index (Phi) is 8.36. The van der Waals surface area contributed by atoms with Crippen LogP contribution < -0.4 is 30.3 Å². The predicted molar refractivity (Wildman–Crippen MR) is 122 cm³/mol. The Morgan fingerprint density at radius 1 is 1.31 bits per heavy atom. The number of rotatable bonds is 6. The molecular weight excluding hydrogens is 428 g/mol. The summed E-state index contributed by atoms with van der Waals surface area (Å²) >= 11 is 1.03. The molecule has 9 nitrogen and oxygen atoms in total. The second kappa shape index (κ2) is 11.2. The number of hydrogen-bond acceptors (Lipinski definition) is 7. The fourth-order valence-corrected chi connectivity index (χ4v) is 3.49. The van der Waals surface area contributed by atoms with Crippen LogP contribution in [0.2, 0.25) is 0 Å². The van der Waals surface area contributed by atoms with Crippen molar-refractivity contribution in [3.05, 3.63) is 55.6 Å². The van der Waals surface area contributed by atoms with Gasteiger partial charge in [0.15, 0.2) is 5.57 Å². The standard InChI is InChI=1S/C22H20N6O3S/c1-4-28-20(12-16(14-24)21(30)26-11-9-23)32-19(22(28)31)8-10-25-17-6-5-7-18(13-17)27(3)15(2)29/h5-7,10,13,25H,4,11H2,1-3H3,(H,26,30). The van der Waals surface area contributed by atoms with Crippen LogP contribution in [0.1, 0.15) is 13.8 Å². The Morgan fingerprint density at radius 3 is 2.69 bits per heavy atom. The lowest BCUT2D eigenvalue weighted by molar-refractivity contribution is -0.117. The summed E-state index contributed by atoms with van der Waals surface area (Å²) in [5, 5.41) is 23.1. The third kappa shape index (κ3) is 5.85. The maximum atomic E-state index is 12.6. The van der Waals surface area contributed by atoms with Gasteiger partial charge in [0.1, 0.15) is 21.8 Å². The Balaban J connectivity index is 2.50. The SMILES string of the molecule is CCn1c(=C=C(C#N)C(=O)NCC#N)sc(=C=CNc2cccc(N(C)C(C)=O)c2)c1=O. The average Bonchev–Trinajstić information content (AvgIpc) is 3.09. The van der Waals surface area contributed by atoms with E-state index in [1.165, 1.54) is 22.6 Å². The van der Waals surface area contributed by atoms with Gasteiger partial charge < -0.3 is 15.5 Å². The molecule has 10 heteroatoms. The second-order valence-corrected chi connectivity index (χ2v) is 7.30. The molecule has 0 radical (unpaired) electrons. The van der Waals surface area contributed by atoms with Crippen LogP contribution in [-0.2, 0) is 16.1 Å². The van der Waals surface area contributed by atoms with E-state index in [0.717, 1.165) is 11.3 Å².